The van der Waals surface area contributed by atoms with Crippen LogP contribution >= 0.6 is 0 Å². The van der Waals surface area contributed by atoms with Gasteiger partial charge in [0.15, 0.2) is 0 Å². The highest BCUT2D eigenvalue weighted by Gasteiger charge is 2.19. The lowest BCUT2D eigenvalue weighted by molar-refractivity contribution is 0.259. The lowest BCUT2D eigenvalue weighted by Gasteiger charge is -2.27. The van der Waals surface area contributed by atoms with Crippen LogP contribution in [0.4, 0.5) is 8.78 Å². The van der Waals surface area contributed by atoms with Gasteiger partial charge in [0.2, 0.25) is 0 Å². The number of rotatable bonds is 7. The molecule has 1 fully saturated rings. The summed E-state index contributed by atoms with van der Waals surface area (Å²) in [6, 6.07) is 16.7. The van der Waals surface area contributed by atoms with Gasteiger partial charge in [-0.1, -0.05) is 81.5 Å². The van der Waals surface area contributed by atoms with Gasteiger partial charge in [0, 0.05) is 5.39 Å². The van der Waals surface area contributed by atoms with E-state index in [4.69, 9.17) is 0 Å². The van der Waals surface area contributed by atoms with Crippen molar-refractivity contribution in [3.8, 4) is 0 Å². The zero-order valence-electron chi connectivity index (χ0n) is 18.0. The summed E-state index contributed by atoms with van der Waals surface area (Å²) in [4.78, 5) is 0. The van der Waals surface area contributed by atoms with Crippen molar-refractivity contribution < 1.29 is 8.78 Å². The Bertz CT molecular complexity index is 966. The van der Waals surface area contributed by atoms with Gasteiger partial charge in [-0.2, -0.15) is 0 Å². The number of aryl methyl sites for hydroxylation is 3. The van der Waals surface area contributed by atoms with Gasteiger partial charge in [0.05, 0.1) is 0 Å². The number of hydrogen-bond donors (Lipinski definition) is 0. The minimum Gasteiger partial charge on any atom is -0.207 e. The van der Waals surface area contributed by atoms with Crippen LogP contribution in [0, 0.1) is 23.5 Å². The minimum absolute atomic E-state index is 0.112. The summed E-state index contributed by atoms with van der Waals surface area (Å²) < 4.78 is 28.1. The van der Waals surface area contributed by atoms with Gasteiger partial charge in [-0.3, -0.25) is 0 Å². The molecular formula is C28H32F2. The Kier molecular flexibility index (Phi) is 6.82. The molecule has 0 N–H and O–H groups in total. The average molecular weight is 407 g/mol. The number of benzene rings is 3. The summed E-state index contributed by atoms with van der Waals surface area (Å²) in [6.45, 7) is 2.31. The monoisotopic (exact) mass is 406 g/mol. The van der Waals surface area contributed by atoms with Crippen LogP contribution in [0.25, 0.3) is 10.8 Å². The molecule has 158 valence electrons. The first-order valence-corrected chi connectivity index (χ1v) is 11.6. The molecule has 0 spiro atoms. The van der Waals surface area contributed by atoms with Crippen molar-refractivity contribution >= 4 is 10.8 Å². The highest BCUT2D eigenvalue weighted by molar-refractivity contribution is 5.84. The van der Waals surface area contributed by atoms with Crippen LogP contribution < -0.4 is 0 Å². The molecule has 0 radical (unpaired) electrons. The fourth-order valence-corrected chi connectivity index (χ4v) is 4.96. The highest BCUT2D eigenvalue weighted by atomic mass is 19.1. The molecular weight excluding hydrogens is 374 g/mol. The Balaban J connectivity index is 1.39. The molecule has 0 heterocycles. The Labute approximate surface area is 179 Å². The van der Waals surface area contributed by atoms with Crippen LogP contribution in [0.15, 0.2) is 54.6 Å². The van der Waals surface area contributed by atoms with Gasteiger partial charge in [0.25, 0.3) is 0 Å². The quantitative estimate of drug-likeness (QED) is 0.372. The minimum atomic E-state index is -0.236. The Morgan fingerprint density at radius 3 is 2.17 bits per heavy atom. The summed E-state index contributed by atoms with van der Waals surface area (Å²) in [5, 5.41) is 1.70. The number of fused-ring (bicyclic) bond motifs is 1. The summed E-state index contributed by atoms with van der Waals surface area (Å²) in [5.74, 6) is 1.45. The smallest absolute Gasteiger partial charge is 0.134 e. The van der Waals surface area contributed by atoms with Gasteiger partial charge in [-0.05, 0) is 71.7 Å². The molecule has 1 aliphatic carbocycles. The average Bonchev–Trinajstić information content (AvgIpc) is 2.78. The Morgan fingerprint density at radius 1 is 0.733 bits per heavy atom. The van der Waals surface area contributed by atoms with E-state index in [2.05, 4.69) is 19.1 Å². The molecule has 0 saturated heterocycles. The zero-order valence-corrected chi connectivity index (χ0v) is 18.0. The second kappa shape index (κ2) is 9.73. The van der Waals surface area contributed by atoms with Crippen LogP contribution in [-0.4, -0.2) is 0 Å². The molecule has 2 heteroatoms. The van der Waals surface area contributed by atoms with E-state index in [9.17, 15) is 4.39 Å². The van der Waals surface area contributed by atoms with Crippen LogP contribution in [0.2, 0.25) is 0 Å². The highest BCUT2D eigenvalue weighted by Crippen LogP contribution is 2.33. The Hall–Kier alpha value is -2.22. The molecule has 3 aromatic rings. The third-order valence-electron chi connectivity index (χ3n) is 7.08. The van der Waals surface area contributed by atoms with E-state index in [1.807, 2.05) is 18.2 Å². The summed E-state index contributed by atoms with van der Waals surface area (Å²) in [7, 11) is 0. The maximum absolute atomic E-state index is 15.1. The van der Waals surface area contributed by atoms with Crippen molar-refractivity contribution in [1.82, 2.24) is 0 Å². The van der Waals surface area contributed by atoms with Crippen molar-refractivity contribution in [3.05, 3.63) is 82.9 Å². The van der Waals surface area contributed by atoms with Crippen molar-refractivity contribution in [2.75, 3.05) is 0 Å². The van der Waals surface area contributed by atoms with Gasteiger partial charge in [-0.15, -0.1) is 0 Å². The first kappa shape index (κ1) is 21.0. The van der Waals surface area contributed by atoms with E-state index in [-0.39, 0.29) is 11.6 Å². The van der Waals surface area contributed by atoms with E-state index >= 15 is 4.39 Å². The molecule has 0 bridgehead atoms. The Morgan fingerprint density at radius 2 is 1.43 bits per heavy atom. The molecule has 30 heavy (non-hydrogen) atoms. The number of halogens is 2. The first-order valence-electron chi connectivity index (χ1n) is 11.6. The van der Waals surface area contributed by atoms with Crippen molar-refractivity contribution in [3.63, 3.8) is 0 Å². The third kappa shape index (κ3) is 5.09. The fraction of sp³-hybridized carbons (Fsp3) is 0.429. The molecule has 0 atom stereocenters. The van der Waals surface area contributed by atoms with Gasteiger partial charge < -0.3 is 0 Å². The second-order valence-electron chi connectivity index (χ2n) is 9.05. The predicted molar refractivity (Wildman–Crippen MR) is 122 cm³/mol. The fourth-order valence-electron chi connectivity index (χ4n) is 4.96. The molecule has 0 amide bonds. The van der Waals surface area contributed by atoms with Crippen LogP contribution in [0.5, 0.6) is 0 Å². The maximum atomic E-state index is 15.1. The van der Waals surface area contributed by atoms with Gasteiger partial charge in [-0.25, -0.2) is 8.78 Å². The van der Waals surface area contributed by atoms with Crippen molar-refractivity contribution in [2.45, 2.75) is 64.7 Å². The summed E-state index contributed by atoms with van der Waals surface area (Å²) in [5.41, 5.74) is 3.07. The number of hydrogen-bond acceptors (Lipinski definition) is 0. The molecule has 0 aromatic heterocycles. The van der Waals surface area contributed by atoms with Crippen molar-refractivity contribution in [1.29, 1.82) is 0 Å². The van der Waals surface area contributed by atoms with Gasteiger partial charge >= 0.3 is 0 Å². The van der Waals surface area contributed by atoms with E-state index in [0.717, 1.165) is 34.8 Å². The van der Waals surface area contributed by atoms with E-state index in [1.165, 1.54) is 56.2 Å². The van der Waals surface area contributed by atoms with Crippen LogP contribution in [0.3, 0.4) is 0 Å². The summed E-state index contributed by atoms with van der Waals surface area (Å²) in [6.07, 6.45) is 10.5. The molecule has 0 nitrogen and oxygen atoms in total. The lowest BCUT2D eigenvalue weighted by Crippen LogP contribution is -2.14. The third-order valence-corrected chi connectivity index (χ3v) is 7.08. The van der Waals surface area contributed by atoms with E-state index in [1.54, 1.807) is 12.1 Å². The molecule has 1 saturated carbocycles. The van der Waals surface area contributed by atoms with E-state index < -0.39 is 0 Å². The largest absolute Gasteiger partial charge is 0.207 e. The molecule has 1 aliphatic rings. The standard InChI is InChI=1S/C28H32F2/c1-2-20-3-5-21(6-4-20)7-8-23-12-18-27-25(19-23)15-14-24(28(27)30)13-9-22-10-16-26(29)17-11-22/h10-12,14-21H,2-9,13H2,1H3. The zero-order chi connectivity index (χ0) is 20.9. The molecule has 0 aliphatic heterocycles. The molecule has 3 aromatic carbocycles. The second-order valence-corrected chi connectivity index (χ2v) is 9.05. The topological polar surface area (TPSA) is 0 Å². The summed E-state index contributed by atoms with van der Waals surface area (Å²) >= 11 is 0. The van der Waals surface area contributed by atoms with Crippen molar-refractivity contribution in [2.24, 2.45) is 11.8 Å². The van der Waals surface area contributed by atoms with Crippen LogP contribution in [-0.2, 0) is 19.3 Å². The maximum Gasteiger partial charge on any atom is 0.134 e. The normalized spacial score (nSPS) is 19.3. The molecule has 4 rings (SSSR count). The van der Waals surface area contributed by atoms with E-state index in [0.29, 0.717) is 18.2 Å². The van der Waals surface area contributed by atoms with Crippen LogP contribution in [0.1, 0.15) is 62.1 Å². The lowest BCUT2D eigenvalue weighted by atomic mass is 9.78. The predicted octanol–water partition coefficient (Wildman–Crippen LogP) is 8.05. The molecule has 0 unspecified atom stereocenters. The van der Waals surface area contributed by atoms with Gasteiger partial charge in [0.1, 0.15) is 11.6 Å². The first-order chi connectivity index (χ1) is 14.6. The SMILES string of the molecule is CCC1CCC(CCc2ccc3c(F)c(CCc4ccc(F)cc4)ccc3c2)CC1.